The molecule has 0 radical (unpaired) electrons. The highest BCUT2D eigenvalue weighted by molar-refractivity contribution is 5.76. The number of aryl methyl sites for hydroxylation is 1. The van der Waals surface area contributed by atoms with Crippen LogP contribution in [0.5, 0.6) is 0 Å². The van der Waals surface area contributed by atoms with Crippen molar-refractivity contribution in [3.8, 4) is 11.3 Å². The maximum atomic E-state index is 12.1. The Morgan fingerprint density at radius 3 is 2.43 bits per heavy atom. The number of benzene rings is 2. The maximum absolute atomic E-state index is 12.1. The number of H-pyrrole nitrogens is 1. The zero-order valence-electron chi connectivity index (χ0n) is 16.5. The monoisotopic (exact) mass is 375 g/mol. The van der Waals surface area contributed by atoms with Crippen molar-refractivity contribution in [2.45, 2.75) is 25.8 Å². The first-order valence-corrected chi connectivity index (χ1v) is 9.93. The summed E-state index contributed by atoms with van der Waals surface area (Å²) >= 11 is 0. The third-order valence-electron chi connectivity index (χ3n) is 4.79. The van der Waals surface area contributed by atoms with Gasteiger partial charge in [0.2, 0.25) is 5.91 Å². The molecule has 0 aliphatic rings. The molecule has 1 heterocycles. The number of amides is 1. The summed E-state index contributed by atoms with van der Waals surface area (Å²) in [7, 11) is 2.12. The Kier molecular flexibility index (Phi) is 7.44. The van der Waals surface area contributed by atoms with Gasteiger partial charge in [-0.05, 0) is 49.7 Å². The van der Waals surface area contributed by atoms with Crippen molar-refractivity contribution in [2.75, 3.05) is 20.1 Å². The van der Waals surface area contributed by atoms with Crippen molar-refractivity contribution < 1.29 is 4.79 Å². The third-order valence-corrected chi connectivity index (χ3v) is 4.79. The topological polar surface area (TPSA) is 48.1 Å². The molecule has 1 amide bonds. The minimum absolute atomic E-state index is 0.113. The van der Waals surface area contributed by atoms with Crippen LogP contribution in [0.3, 0.4) is 0 Å². The Bertz CT molecular complexity index is 843. The van der Waals surface area contributed by atoms with Gasteiger partial charge in [-0.3, -0.25) is 4.79 Å². The predicted octanol–water partition coefficient (Wildman–Crippen LogP) is 4.25. The molecule has 0 bridgehead atoms. The molecule has 0 aliphatic heterocycles. The van der Waals surface area contributed by atoms with Gasteiger partial charge in [0.1, 0.15) is 0 Å². The fourth-order valence-electron chi connectivity index (χ4n) is 3.26. The number of nitrogens with one attached hydrogen (secondary N) is 2. The average Bonchev–Trinajstić information content (AvgIpc) is 3.20. The predicted molar refractivity (Wildman–Crippen MR) is 115 cm³/mol. The van der Waals surface area contributed by atoms with Crippen molar-refractivity contribution in [3.05, 3.63) is 84.1 Å². The van der Waals surface area contributed by atoms with Crippen LogP contribution in [0.4, 0.5) is 0 Å². The van der Waals surface area contributed by atoms with E-state index in [0.29, 0.717) is 6.42 Å². The summed E-state index contributed by atoms with van der Waals surface area (Å²) in [5, 5.41) is 3.03. The first kappa shape index (κ1) is 19.9. The van der Waals surface area contributed by atoms with Gasteiger partial charge in [0.15, 0.2) is 0 Å². The highest BCUT2D eigenvalue weighted by Gasteiger charge is 2.06. The lowest BCUT2D eigenvalue weighted by atomic mass is 10.2. The van der Waals surface area contributed by atoms with Gasteiger partial charge in [-0.15, -0.1) is 0 Å². The second-order valence-electron chi connectivity index (χ2n) is 7.19. The molecule has 0 saturated carbocycles. The summed E-state index contributed by atoms with van der Waals surface area (Å²) in [6, 6.07) is 24.8. The van der Waals surface area contributed by atoms with Crippen LogP contribution in [0.1, 0.15) is 24.1 Å². The Labute approximate surface area is 167 Å². The molecule has 0 saturated heterocycles. The first-order chi connectivity index (χ1) is 13.7. The van der Waals surface area contributed by atoms with Gasteiger partial charge < -0.3 is 15.2 Å². The van der Waals surface area contributed by atoms with Crippen molar-refractivity contribution in [1.82, 2.24) is 15.2 Å². The van der Waals surface area contributed by atoms with E-state index < -0.39 is 0 Å². The Morgan fingerprint density at radius 2 is 1.68 bits per heavy atom. The van der Waals surface area contributed by atoms with E-state index in [1.807, 2.05) is 24.3 Å². The molecule has 146 valence electrons. The van der Waals surface area contributed by atoms with E-state index in [9.17, 15) is 4.79 Å². The first-order valence-electron chi connectivity index (χ1n) is 9.93. The third kappa shape index (κ3) is 6.39. The molecule has 0 aliphatic carbocycles. The molecule has 0 fully saturated rings. The number of aromatic nitrogens is 1. The van der Waals surface area contributed by atoms with Crippen LogP contribution in [0.15, 0.2) is 72.8 Å². The van der Waals surface area contributed by atoms with Crippen LogP contribution in [-0.4, -0.2) is 35.9 Å². The van der Waals surface area contributed by atoms with Crippen LogP contribution in [0, 0.1) is 0 Å². The van der Waals surface area contributed by atoms with E-state index in [1.54, 1.807) is 0 Å². The average molecular weight is 376 g/mol. The molecule has 4 heteroatoms. The van der Waals surface area contributed by atoms with Gasteiger partial charge >= 0.3 is 0 Å². The molecule has 4 nitrogen and oxygen atoms in total. The lowest BCUT2D eigenvalue weighted by molar-refractivity contribution is -0.121. The molecule has 1 aromatic heterocycles. The van der Waals surface area contributed by atoms with E-state index in [4.69, 9.17) is 0 Å². The molecular formula is C24H29N3O. The fraction of sp³-hybridized carbons (Fsp3) is 0.292. The number of hydrogen-bond acceptors (Lipinski definition) is 2. The summed E-state index contributed by atoms with van der Waals surface area (Å²) in [4.78, 5) is 17.8. The summed E-state index contributed by atoms with van der Waals surface area (Å²) in [6.45, 7) is 2.62. The fourth-order valence-corrected chi connectivity index (χ4v) is 3.26. The van der Waals surface area contributed by atoms with E-state index in [2.05, 4.69) is 70.8 Å². The number of rotatable bonds is 10. The normalized spacial score (nSPS) is 10.9. The minimum Gasteiger partial charge on any atom is -0.358 e. The maximum Gasteiger partial charge on any atom is 0.220 e. The Morgan fingerprint density at radius 1 is 0.964 bits per heavy atom. The lowest BCUT2D eigenvalue weighted by Crippen LogP contribution is -2.28. The van der Waals surface area contributed by atoms with Gasteiger partial charge in [-0.25, -0.2) is 0 Å². The van der Waals surface area contributed by atoms with Gasteiger partial charge in [0.25, 0.3) is 0 Å². The highest BCUT2D eigenvalue weighted by Crippen LogP contribution is 2.18. The molecule has 2 N–H and O–H groups in total. The van der Waals surface area contributed by atoms with E-state index in [0.717, 1.165) is 49.4 Å². The van der Waals surface area contributed by atoms with Gasteiger partial charge in [0.05, 0.1) is 0 Å². The quantitative estimate of drug-likeness (QED) is 0.520. The molecule has 28 heavy (non-hydrogen) atoms. The van der Waals surface area contributed by atoms with Crippen LogP contribution >= 0.6 is 0 Å². The summed E-state index contributed by atoms with van der Waals surface area (Å²) in [6.07, 6.45) is 2.19. The summed E-state index contributed by atoms with van der Waals surface area (Å²) in [5.74, 6) is 0.113. The van der Waals surface area contributed by atoms with Crippen molar-refractivity contribution in [3.63, 3.8) is 0 Å². The van der Waals surface area contributed by atoms with Crippen LogP contribution in [0.2, 0.25) is 0 Å². The largest absolute Gasteiger partial charge is 0.358 e. The smallest absolute Gasteiger partial charge is 0.220 e. The summed E-state index contributed by atoms with van der Waals surface area (Å²) < 4.78 is 0. The second kappa shape index (κ2) is 10.5. The minimum atomic E-state index is 0.113. The molecule has 0 atom stereocenters. The number of aromatic amines is 1. The Hall–Kier alpha value is -2.85. The second-order valence-corrected chi connectivity index (χ2v) is 7.19. The zero-order chi connectivity index (χ0) is 19.6. The SMILES string of the molecule is CN(CCCNC(=O)CCc1ccc(-c2ccccc2)[nH]1)Cc1ccccc1. The van der Waals surface area contributed by atoms with Crippen molar-refractivity contribution in [1.29, 1.82) is 0 Å². The molecule has 0 unspecified atom stereocenters. The van der Waals surface area contributed by atoms with Crippen molar-refractivity contribution >= 4 is 5.91 Å². The van der Waals surface area contributed by atoms with Crippen LogP contribution in [0.25, 0.3) is 11.3 Å². The zero-order valence-corrected chi connectivity index (χ0v) is 16.5. The summed E-state index contributed by atoms with van der Waals surface area (Å²) in [5.41, 5.74) is 4.67. The van der Waals surface area contributed by atoms with E-state index >= 15 is 0 Å². The Balaban J connectivity index is 1.31. The van der Waals surface area contributed by atoms with Gasteiger partial charge in [-0.1, -0.05) is 60.7 Å². The number of nitrogens with zero attached hydrogens (tertiary/aromatic N) is 1. The van der Waals surface area contributed by atoms with Crippen molar-refractivity contribution in [2.24, 2.45) is 0 Å². The molecule has 2 aromatic carbocycles. The lowest BCUT2D eigenvalue weighted by Gasteiger charge is -2.16. The standard InChI is InChI=1S/C24H29N3O/c1-27(19-20-9-4-2-5-10-20)18-8-17-25-24(28)16-14-22-13-15-23(26-22)21-11-6-3-7-12-21/h2-7,9-13,15,26H,8,14,16-19H2,1H3,(H,25,28). The van der Waals surface area contributed by atoms with Crippen LogP contribution < -0.4 is 5.32 Å². The molecule has 3 aromatic rings. The number of hydrogen-bond donors (Lipinski definition) is 2. The van der Waals surface area contributed by atoms with E-state index in [-0.39, 0.29) is 5.91 Å². The highest BCUT2D eigenvalue weighted by atomic mass is 16.1. The molecular weight excluding hydrogens is 346 g/mol. The number of carbonyl (C=O) groups excluding carboxylic acids is 1. The number of carbonyl (C=O) groups is 1. The van der Waals surface area contributed by atoms with E-state index in [1.165, 1.54) is 5.56 Å². The molecule has 0 spiro atoms. The molecule has 3 rings (SSSR count). The van der Waals surface area contributed by atoms with Crippen LogP contribution in [-0.2, 0) is 17.8 Å². The van der Waals surface area contributed by atoms with Gasteiger partial charge in [0, 0.05) is 30.9 Å². The van der Waals surface area contributed by atoms with Gasteiger partial charge in [-0.2, -0.15) is 0 Å².